The van der Waals surface area contributed by atoms with E-state index < -0.39 is 0 Å². The highest BCUT2D eigenvalue weighted by Crippen LogP contribution is 2.28. The third kappa shape index (κ3) is 3.60. The molecule has 0 spiro atoms. The van der Waals surface area contributed by atoms with E-state index in [1.165, 1.54) is 5.56 Å². The van der Waals surface area contributed by atoms with E-state index in [2.05, 4.69) is 21.4 Å². The van der Waals surface area contributed by atoms with Crippen LogP contribution in [0.3, 0.4) is 0 Å². The summed E-state index contributed by atoms with van der Waals surface area (Å²) in [7, 11) is 1.62. The molecule has 27 heavy (non-hydrogen) atoms. The van der Waals surface area contributed by atoms with E-state index in [1.807, 2.05) is 47.4 Å². The summed E-state index contributed by atoms with van der Waals surface area (Å²) in [6.45, 7) is 0.708. The van der Waals surface area contributed by atoms with Crippen molar-refractivity contribution in [1.29, 1.82) is 0 Å². The summed E-state index contributed by atoms with van der Waals surface area (Å²) in [5.74, 6) is 1.10. The number of rotatable bonds is 4. The Kier molecular flexibility index (Phi) is 4.70. The lowest BCUT2D eigenvalue weighted by atomic mass is 10.0. The van der Waals surface area contributed by atoms with Gasteiger partial charge in [-0.25, -0.2) is 9.97 Å². The SMILES string of the molecule is COc1cccc(Nc2ncc(C(=O)N3CCCc4ccccc43)cn2)c1. The first-order valence-corrected chi connectivity index (χ1v) is 8.87. The first-order valence-electron chi connectivity index (χ1n) is 8.87. The van der Waals surface area contributed by atoms with Crippen LogP contribution in [0.1, 0.15) is 22.3 Å². The summed E-state index contributed by atoms with van der Waals surface area (Å²) in [6, 6.07) is 15.5. The largest absolute Gasteiger partial charge is 0.497 e. The Morgan fingerprint density at radius 1 is 1.11 bits per heavy atom. The van der Waals surface area contributed by atoms with Crippen molar-refractivity contribution in [3.8, 4) is 5.75 Å². The number of hydrogen-bond donors (Lipinski definition) is 1. The molecule has 136 valence electrons. The number of aromatic nitrogens is 2. The molecule has 0 bridgehead atoms. The highest BCUT2D eigenvalue weighted by atomic mass is 16.5. The van der Waals surface area contributed by atoms with Gasteiger partial charge in [0.05, 0.1) is 12.7 Å². The van der Waals surface area contributed by atoms with Crippen LogP contribution in [-0.4, -0.2) is 29.5 Å². The van der Waals surface area contributed by atoms with E-state index >= 15 is 0 Å². The van der Waals surface area contributed by atoms with Crippen molar-refractivity contribution in [1.82, 2.24) is 9.97 Å². The number of amides is 1. The lowest BCUT2D eigenvalue weighted by Gasteiger charge is -2.29. The van der Waals surface area contributed by atoms with Crippen LogP contribution < -0.4 is 15.0 Å². The fourth-order valence-corrected chi connectivity index (χ4v) is 3.23. The summed E-state index contributed by atoms with van der Waals surface area (Å²) < 4.78 is 5.21. The highest BCUT2D eigenvalue weighted by molar-refractivity contribution is 6.06. The molecule has 6 nitrogen and oxygen atoms in total. The predicted molar refractivity (Wildman–Crippen MR) is 105 cm³/mol. The second-order valence-corrected chi connectivity index (χ2v) is 6.34. The highest BCUT2D eigenvalue weighted by Gasteiger charge is 2.23. The summed E-state index contributed by atoms with van der Waals surface area (Å²) in [5.41, 5.74) is 3.47. The molecule has 0 atom stereocenters. The van der Waals surface area contributed by atoms with Gasteiger partial charge in [-0.05, 0) is 36.6 Å². The van der Waals surface area contributed by atoms with Crippen molar-refractivity contribution in [2.75, 3.05) is 23.9 Å². The molecule has 1 aromatic heterocycles. The zero-order valence-corrected chi connectivity index (χ0v) is 15.1. The van der Waals surface area contributed by atoms with Crippen molar-refractivity contribution < 1.29 is 9.53 Å². The number of fused-ring (bicyclic) bond motifs is 1. The molecule has 6 heteroatoms. The Bertz CT molecular complexity index is 956. The van der Waals surface area contributed by atoms with Crippen LogP contribution in [0.15, 0.2) is 60.9 Å². The molecule has 1 aliphatic rings. The van der Waals surface area contributed by atoms with Crippen LogP contribution in [0.2, 0.25) is 0 Å². The number of methoxy groups -OCH3 is 1. The standard InChI is InChI=1S/C21H20N4O2/c1-27-18-9-4-8-17(12-18)24-21-22-13-16(14-23-21)20(26)25-11-5-7-15-6-2-3-10-19(15)25/h2-4,6,8-10,12-14H,5,7,11H2,1H3,(H,22,23,24). The van der Waals surface area contributed by atoms with Gasteiger partial charge >= 0.3 is 0 Å². The van der Waals surface area contributed by atoms with Crippen molar-refractivity contribution in [2.45, 2.75) is 12.8 Å². The topological polar surface area (TPSA) is 67.3 Å². The van der Waals surface area contributed by atoms with Gasteiger partial charge in [0, 0.05) is 36.4 Å². The minimum atomic E-state index is -0.0740. The van der Waals surface area contributed by atoms with E-state index in [0.29, 0.717) is 18.1 Å². The number of ether oxygens (including phenoxy) is 1. The van der Waals surface area contributed by atoms with E-state index in [9.17, 15) is 4.79 Å². The van der Waals surface area contributed by atoms with Crippen molar-refractivity contribution in [2.24, 2.45) is 0 Å². The third-order valence-corrected chi connectivity index (χ3v) is 4.58. The zero-order valence-electron chi connectivity index (χ0n) is 15.1. The first-order chi connectivity index (χ1) is 13.2. The molecule has 1 amide bonds. The monoisotopic (exact) mass is 360 g/mol. The molecule has 3 aromatic rings. The van der Waals surface area contributed by atoms with Gasteiger partial charge in [0.2, 0.25) is 5.95 Å². The first kappa shape index (κ1) is 17.0. The number of benzene rings is 2. The van der Waals surface area contributed by atoms with Crippen molar-refractivity contribution in [3.05, 3.63) is 72.1 Å². The minimum absolute atomic E-state index is 0.0740. The Morgan fingerprint density at radius 3 is 2.74 bits per heavy atom. The van der Waals surface area contributed by atoms with Crippen LogP contribution in [0.25, 0.3) is 0 Å². The van der Waals surface area contributed by atoms with E-state index in [1.54, 1.807) is 19.5 Å². The number of nitrogens with one attached hydrogen (secondary N) is 1. The van der Waals surface area contributed by atoms with Gasteiger partial charge in [-0.1, -0.05) is 24.3 Å². The van der Waals surface area contributed by atoms with Crippen LogP contribution in [0, 0.1) is 0 Å². The molecule has 2 heterocycles. The number of hydrogen-bond acceptors (Lipinski definition) is 5. The molecule has 4 rings (SSSR count). The second-order valence-electron chi connectivity index (χ2n) is 6.34. The molecule has 2 aromatic carbocycles. The molecule has 0 aliphatic carbocycles. The number of para-hydroxylation sites is 1. The van der Waals surface area contributed by atoms with Gasteiger partial charge in [0.15, 0.2) is 0 Å². The maximum absolute atomic E-state index is 12.9. The number of nitrogens with zero attached hydrogens (tertiary/aromatic N) is 3. The van der Waals surface area contributed by atoms with Crippen LogP contribution in [-0.2, 0) is 6.42 Å². The fraction of sp³-hybridized carbons (Fsp3) is 0.190. The Hall–Kier alpha value is -3.41. The molecule has 0 unspecified atom stereocenters. The van der Waals surface area contributed by atoms with Crippen LogP contribution >= 0.6 is 0 Å². The van der Waals surface area contributed by atoms with Crippen LogP contribution in [0.4, 0.5) is 17.3 Å². The van der Waals surface area contributed by atoms with E-state index in [4.69, 9.17) is 4.74 Å². The molecule has 0 saturated heterocycles. The Balaban J connectivity index is 1.51. The van der Waals surface area contributed by atoms with Gasteiger partial charge in [-0.15, -0.1) is 0 Å². The number of carbonyl (C=O) groups is 1. The molecular formula is C21H20N4O2. The average Bonchev–Trinajstić information content (AvgIpc) is 2.73. The molecular weight excluding hydrogens is 340 g/mol. The van der Waals surface area contributed by atoms with Crippen molar-refractivity contribution in [3.63, 3.8) is 0 Å². The van der Waals surface area contributed by atoms with Gasteiger partial charge in [0.1, 0.15) is 5.75 Å². The smallest absolute Gasteiger partial charge is 0.261 e. The lowest BCUT2D eigenvalue weighted by molar-refractivity contribution is 0.0984. The van der Waals surface area contributed by atoms with E-state index in [0.717, 1.165) is 30.0 Å². The fourth-order valence-electron chi connectivity index (χ4n) is 3.23. The van der Waals surface area contributed by atoms with Gasteiger partial charge in [-0.2, -0.15) is 0 Å². The van der Waals surface area contributed by atoms with Crippen molar-refractivity contribution >= 4 is 23.2 Å². The summed E-state index contributed by atoms with van der Waals surface area (Å²) >= 11 is 0. The quantitative estimate of drug-likeness (QED) is 0.766. The number of anilines is 3. The summed E-state index contributed by atoms with van der Waals surface area (Å²) in [4.78, 5) is 23.3. The third-order valence-electron chi connectivity index (χ3n) is 4.58. The average molecular weight is 360 g/mol. The molecule has 1 aliphatic heterocycles. The zero-order chi connectivity index (χ0) is 18.6. The Morgan fingerprint density at radius 2 is 1.93 bits per heavy atom. The summed E-state index contributed by atoms with van der Waals surface area (Å²) in [5, 5.41) is 3.11. The molecule has 0 radical (unpaired) electrons. The van der Waals surface area contributed by atoms with E-state index in [-0.39, 0.29) is 5.91 Å². The van der Waals surface area contributed by atoms with Gasteiger partial charge in [-0.3, -0.25) is 4.79 Å². The normalized spacial score (nSPS) is 13.0. The maximum Gasteiger partial charge on any atom is 0.261 e. The summed E-state index contributed by atoms with van der Waals surface area (Å²) in [6.07, 6.45) is 5.09. The predicted octanol–water partition coefficient (Wildman–Crippen LogP) is 3.82. The van der Waals surface area contributed by atoms with Crippen LogP contribution in [0.5, 0.6) is 5.75 Å². The van der Waals surface area contributed by atoms with Gasteiger partial charge < -0.3 is 15.0 Å². The second kappa shape index (κ2) is 7.45. The number of aryl methyl sites for hydroxylation is 1. The number of carbonyl (C=O) groups excluding carboxylic acids is 1. The molecule has 1 N–H and O–H groups in total. The Labute approximate surface area is 157 Å². The van der Waals surface area contributed by atoms with Gasteiger partial charge in [0.25, 0.3) is 5.91 Å². The molecule has 0 saturated carbocycles. The maximum atomic E-state index is 12.9. The molecule has 0 fully saturated rings. The minimum Gasteiger partial charge on any atom is -0.497 e. The lowest BCUT2D eigenvalue weighted by Crippen LogP contribution is -2.35.